The number of rotatable bonds is 8. The molecule has 0 atom stereocenters. The Morgan fingerprint density at radius 2 is 2.10 bits per heavy atom. The largest absolute Gasteiger partial charge is 0.396 e. The molecule has 118 valence electrons. The molecule has 1 aromatic rings. The van der Waals surface area contributed by atoms with Gasteiger partial charge in [-0.2, -0.15) is 0 Å². The summed E-state index contributed by atoms with van der Waals surface area (Å²) in [5.74, 6) is 0.0398. The van der Waals surface area contributed by atoms with Crippen molar-refractivity contribution in [2.75, 3.05) is 25.0 Å². The van der Waals surface area contributed by atoms with Crippen molar-refractivity contribution in [3.8, 4) is 0 Å². The summed E-state index contributed by atoms with van der Waals surface area (Å²) < 4.78 is 0. The second kappa shape index (κ2) is 8.67. The van der Waals surface area contributed by atoms with E-state index >= 15 is 0 Å². The highest BCUT2D eigenvalue weighted by atomic mass is 16.3. The van der Waals surface area contributed by atoms with Crippen LogP contribution in [0.1, 0.15) is 49.5 Å². The van der Waals surface area contributed by atoms with E-state index in [0.717, 1.165) is 29.8 Å². The van der Waals surface area contributed by atoms with Crippen LogP contribution in [0.15, 0.2) is 18.2 Å². The van der Waals surface area contributed by atoms with E-state index in [0.29, 0.717) is 13.0 Å². The van der Waals surface area contributed by atoms with Crippen LogP contribution in [0.2, 0.25) is 0 Å². The maximum Gasteiger partial charge on any atom is 0.254 e. The lowest BCUT2D eigenvalue weighted by Gasteiger charge is -2.27. The Morgan fingerprint density at radius 1 is 1.38 bits per heavy atom. The molecule has 2 N–H and O–H groups in total. The molecule has 0 unspecified atom stereocenters. The second-order valence-corrected chi connectivity index (χ2v) is 5.63. The van der Waals surface area contributed by atoms with E-state index in [4.69, 9.17) is 5.11 Å². The van der Waals surface area contributed by atoms with Gasteiger partial charge in [0.2, 0.25) is 0 Å². The molecule has 4 nitrogen and oxygen atoms in total. The molecule has 1 rings (SSSR count). The first kappa shape index (κ1) is 17.5. The number of anilines is 1. The van der Waals surface area contributed by atoms with Crippen LogP contribution in [-0.4, -0.2) is 41.7 Å². The molecule has 21 heavy (non-hydrogen) atoms. The van der Waals surface area contributed by atoms with Crippen molar-refractivity contribution in [3.05, 3.63) is 29.3 Å². The summed E-state index contributed by atoms with van der Waals surface area (Å²) in [4.78, 5) is 14.5. The van der Waals surface area contributed by atoms with Gasteiger partial charge >= 0.3 is 0 Å². The smallest absolute Gasteiger partial charge is 0.254 e. The van der Waals surface area contributed by atoms with Gasteiger partial charge in [-0.15, -0.1) is 0 Å². The van der Waals surface area contributed by atoms with Crippen LogP contribution < -0.4 is 5.32 Å². The first-order chi connectivity index (χ1) is 10.0. The van der Waals surface area contributed by atoms with Crippen molar-refractivity contribution >= 4 is 11.6 Å². The third kappa shape index (κ3) is 5.05. The number of hydrogen-bond acceptors (Lipinski definition) is 3. The van der Waals surface area contributed by atoms with E-state index in [9.17, 15) is 4.79 Å². The van der Waals surface area contributed by atoms with E-state index in [-0.39, 0.29) is 18.6 Å². The fraction of sp³-hybridized carbons (Fsp3) is 0.588. The SMILES string of the molecule is CCCNc1ccc(C(=O)N(CCCO)C(C)C)c(C)c1. The number of carbonyl (C=O) groups is 1. The minimum Gasteiger partial charge on any atom is -0.396 e. The average molecular weight is 292 g/mol. The van der Waals surface area contributed by atoms with Crippen LogP contribution in [0.5, 0.6) is 0 Å². The van der Waals surface area contributed by atoms with Crippen LogP contribution in [0, 0.1) is 6.92 Å². The first-order valence-corrected chi connectivity index (χ1v) is 7.77. The van der Waals surface area contributed by atoms with Crippen molar-refractivity contribution in [1.82, 2.24) is 4.90 Å². The monoisotopic (exact) mass is 292 g/mol. The van der Waals surface area contributed by atoms with Crippen LogP contribution in [0.25, 0.3) is 0 Å². The zero-order chi connectivity index (χ0) is 15.8. The summed E-state index contributed by atoms with van der Waals surface area (Å²) in [5.41, 5.74) is 2.77. The number of amides is 1. The predicted octanol–water partition coefficient (Wildman–Crippen LogP) is 3.05. The van der Waals surface area contributed by atoms with E-state index in [2.05, 4.69) is 12.2 Å². The third-order valence-electron chi connectivity index (χ3n) is 3.48. The third-order valence-corrected chi connectivity index (χ3v) is 3.48. The van der Waals surface area contributed by atoms with Gasteiger partial charge in [0.1, 0.15) is 0 Å². The van der Waals surface area contributed by atoms with Crippen molar-refractivity contribution in [1.29, 1.82) is 0 Å². The molecule has 0 aliphatic rings. The van der Waals surface area contributed by atoms with E-state index in [1.54, 1.807) is 0 Å². The number of hydrogen-bond donors (Lipinski definition) is 2. The molecule has 0 saturated carbocycles. The Hall–Kier alpha value is -1.55. The fourth-order valence-corrected chi connectivity index (χ4v) is 2.27. The molecular weight excluding hydrogens is 264 g/mol. The summed E-state index contributed by atoms with van der Waals surface area (Å²) in [6.07, 6.45) is 1.68. The second-order valence-electron chi connectivity index (χ2n) is 5.63. The van der Waals surface area contributed by atoms with Crippen LogP contribution in [-0.2, 0) is 0 Å². The Labute approximate surface area is 128 Å². The number of carbonyl (C=O) groups excluding carboxylic acids is 1. The number of nitrogens with zero attached hydrogens (tertiary/aromatic N) is 1. The van der Waals surface area contributed by atoms with Crippen LogP contribution >= 0.6 is 0 Å². The molecule has 0 bridgehead atoms. The zero-order valence-electron chi connectivity index (χ0n) is 13.6. The Morgan fingerprint density at radius 3 is 2.62 bits per heavy atom. The first-order valence-electron chi connectivity index (χ1n) is 7.77. The summed E-state index contributed by atoms with van der Waals surface area (Å²) in [5, 5.41) is 12.3. The molecular formula is C17H28N2O2. The van der Waals surface area contributed by atoms with Crippen molar-refractivity contribution in [2.45, 2.75) is 46.6 Å². The molecule has 1 amide bonds. The van der Waals surface area contributed by atoms with Gasteiger partial charge in [-0.3, -0.25) is 4.79 Å². The Balaban J connectivity index is 2.89. The molecule has 0 aliphatic carbocycles. The Bertz CT molecular complexity index is 458. The number of benzene rings is 1. The molecule has 0 fully saturated rings. The van der Waals surface area contributed by atoms with Gasteiger partial charge in [0.05, 0.1) is 0 Å². The van der Waals surface area contributed by atoms with Gasteiger partial charge < -0.3 is 15.3 Å². The summed E-state index contributed by atoms with van der Waals surface area (Å²) in [6.45, 7) is 9.72. The van der Waals surface area contributed by atoms with Crippen molar-refractivity contribution < 1.29 is 9.90 Å². The van der Waals surface area contributed by atoms with E-state index < -0.39 is 0 Å². The normalized spacial score (nSPS) is 10.8. The molecule has 0 aromatic heterocycles. The molecule has 1 aromatic carbocycles. The predicted molar refractivity (Wildman–Crippen MR) is 87.8 cm³/mol. The van der Waals surface area contributed by atoms with Crippen molar-refractivity contribution in [2.24, 2.45) is 0 Å². The number of aliphatic hydroxyl groups excluding tert-OH is 1. The van der Waals surface area contributed by atoms with Gasteiger partial charge in [0.25, 0.3) is 5.91 Å². The highest BCUT2D eigenvalue weighted by molar-refractivity contribution is 5.96. The van der Waals surface area contributed by atoms with Gasteiger partial charge in [0.15, 0.2) is 0 Å². The minimum absolute atomic E-state index is 0.0398. The summed E-state index contributed by atoms with van der Waals surface area (Å²) in [6, 6.07) is 6.00. The van der Waals surface area contributed by atoms with Crippen LogP contribution in [0.3, 0.4) is 0 Å². The molecule has 0 heterocycles. The van der Waals surface area contributed by atoms with Crippen molar-refractivity contribution in [3.63, 3.8) is 0 Å². The molecule has 0 radical (unpaired) electrons. The standard InChI is InChI=1S/C17H28N2O2/c1-5-9-18-15-7-8-16(14(4)12-15)17(21)19(13(2)3)10-6-11-20/h7-8,12-13,18,20H,5-6,9-11H2,1-4H3. The highest BCUT2D eigenvalue weighted by Gasteiger charge is 2.19. The molecule has 0 aliphatic heterocycles. The van der Waals surface area contributed by atoms with Gasteiger partial charge in [0, 0.05) is 37.0 Å². The number of aliphatic hydroxyl groups is 1. The average Bonchev–Trinajstić information content (AvgIpc) is 2.45. The maximum atomic E-state index is 12.7. The lowest BCUT2D eigenvalue weighted by molar-refractivity contribution is 0.0692. The quantitative estimate of drug-likeness (QED) is 0.774. The van der Waals surface area contributed by atoms with Gasteiger partial charge in [-0.05, 0) is 57.4 Å². The van der Waals surface area contributed by atoms with E-state index in [1.807, 2.05) is 43.9 Å². The lowest BCUT2D eigenvalue weighted by atomic mass is 10.1. The van der Waals surface area contributed by atoms with Crippen LogP contribution in [0.4, 0.5) is 5.69 Å². The highest BCUT2D eigenvalue weighted by Crippen LogP contribution is 2.18. The summed E-state index contributed by atoms with van der Waals surface area (Å²) >= 11 is 0. The lowest BCUT2D eigenvalue weighted by Crippen LogP contribution is -2.38. The number of aryl methyl sites for hydroxylation is 1. The topological polar surface area (TPSA) is 52.6 Å². The number of nitrogens with one attached hydrogen (secondary N) is 1. The zero-order valence-corrected chi connectivity index (χ0v) is 13.6. The maximum absolute atomic E-state index is 12.7. The van der Waals surface area contributed by atoms with E-state index in [1.165, 1.54) is 0 Å². The van der Waals surface area contributed by atoms with Gasteiger partial charge in [-0.25, -0.2) is 0 Å². The minimum atomic E-state index is 0.0398. The molecule has 0 saturated heterocycles. The Kier molecular flexibility index (Phi) is 7.23. The summed E-state index contributed by atoms with van der Waals surface area (Å²) in [7, 11) is 0. The van der Waals surface area contributed by atoms with Gasteiger partial charge in [-0.1, -0.05) is 6.92 Å². The molecule has 4 heteroatoms. The molecule has 0 spiro atoms. The fourth-order valence-electron chi connectivity index (χ4n) is 2.27.